The molecule has 0 radical (unpaired) electrons. The van der Waals surface area contributed by atoms with E-state index in [2.05, 4.69) is 5.92 Å². The predicted molar refractivity (Wildman–Crippen MR) is 47.7 cm³/mol. The van der Waals surface area contributed by atoms with E-state index in [0.717, 1.165) is 0 Å². The fourth-order valence-electron chi connectivity index (χ4n) is 0.819. The SMILES string of the molecule is C#CCOc1ccc(C(=O)O)cc1. The number of rotatable bonds is 3. The number of hydrogen-bond donors (Lipinski definition) is 1. The summed E-state index contributed by atoms with van der Waals surface area (Å²) >= 11 is 0. The van der Waals surface area contributed by atoms with Crippen molar-refractivity contribution in [3.63, 3.8) is 0 Å². The molecule has 0 aliphatic carbocycles. The molecule has 0 atom stereocenters. The molecule has 0 heterocycles. The van der Waals surface area contributed by atoms with Gasteiger partial charge >= 0.3 is 5.97 Å². The van der Waals surface area contributed by atoms with Crippen LogP contribution in [0.4, 0.5) is 0 Å². The molecular formula is C10H8O3. The van der Waals surface area contributed by atoms with Gasteiger partial charge in [0.1, 0.15) is 12.4 Å². The van der Waals surface area contributed by atoms with Crippen LogP contribution in [0.3, 0.4) is 0 Å². The summed E-state index contributed by atoms with van der Waals surface area (Å²) in [5, 5.41) is 8.58. The van der Waals surface area contributed by atoms with Crippen LogP contribution in [0.15, 0.2) is 24.3 Å². The molecule has 0 spiro atoms. The molecule has 0 unspecified atom stereocenters. The van der Waals surface area contributed by atoms with Gasteiger partial charge in [-0.15, -0.1) is 6.42 Å². The van der Waals surface area contributed by atoms with Crippen molar-refractivity contribution >= 4 is 5.97 Å². The zero-order valence-corrected chi connectivity index (χ0v) is 6.86. The van der Waals surface area contributed by atoms with Crippen molar-refractivity contribution in [3.05, 3.63) is 29.8 Å². The molecular weight excluding hydrogens is 168 g/mol. The van der Waals surface area contributed by atoms with E-state index in [9.17, 15) is 4.79 Å². The van der Waals surface area contributed by atoms with Crippen LogP contribution < -0.4 is 4.74 Å². The molecule has 0 fully saturated rings. The Labute approximate surface area is 76.0 Å². The van der Waals surface area contributed by atoms with E-state index in [0.29, 0.717) is 5.75 Å². The van der Waals surface area contributed by atoms with Crippen LogP contribution in [0.25, 0.3) is 0 Å². The summed E-state index contributed by atoms with van der Waals surface area (Å²) in [6.07, 6.45) is 4.99. The van der Waals surface area contributed by atoms with E-state index in [1.54, 1.807) is 12.1 Å². The van der Waals surface area contributed by atoms with Crippen LogP contribution in [0.2, 0.25) is 0 Å². The third-order valence-electron chi connectivity index (χ3n) is 1.42. The third kappa shape index (κ3) is 2.53. The Morgan fingerprint density at radius 2 is 2.08 bits per heavy atom. The molecule has 0 aliphatic heterocycles. The lowest BCUT2D eigenvalue weighted by molar-refractivity contribution is 0.0697. The van der Waals surface area contributed by atoms with Crippen molar-refractivity contribution in [2.45, 2.75) is 0 Å². The first kappa shape index (κ1) is 9.14. The summed E-state index contributed by atoms with van der Waals surface area (Å²) in [6.45, 7) is 0.187. The van der Waals surface area contributed by atoms with E-state index < -0.39 is 5.97 Å². The number of hydrogen-bond acceptors (Lipinski definition) is 2. The minimum Gasteiger partial charge on any atom is -0.481 e. The van der Waals surface area contributed by atoms with Crippen molar-refractivity contribution in [3.8, 4) is 18.1 Å². The molecule has 0 saturated heterocycles. The normalized spacial score (nSPS) is 8.85. The molecule has 0 bridgehead atoms. The van der Waals surface area contributed by atoms with Gasteiger partial charge < -0.3 is 9.84 Å². The van der Waals surface area contributed by atoms with Crippen LogP contribution >= 0.6 is 0 Å². The van der Waals surface area contributed by atoms with Gasteiger partial charge in [0.25, 0.3) is 0 Å². The number of carbonyl (C=O) groups is 1. The van der Waals surface area contributed by atoms with Gasteiger partial charge in [0.15, 0.2) is 0 Å². The van der Waals surface area contributed by atoms with Gasteiger partial charge in [-0.05, 0) is 24.3 Å². The van der Waals surface area contributed by atoms with Crippen molar-refractivity contribution in [2.75, 3.05) is 6.61 Å². The lowest BCUT2D eigenvalue weighted by atomic mass is 10.2. The average Bonchev–Trinajstić information content (AvgIpc) is 2.15. The van der Waals surface area contributed by atoms with E-state index in [4.69, 9.17) is 16.3 Å². The summed E-state index contributed by atoms with van der Waals surface area (Å²) in [4.78, 5) is 10.5. The zero-order valence-electron chi connectivity index (χ0n) is 6.86. The van der Waals surface area contributed by atoms with Gasteiger partial charge in [-0.3, -0.25) is 0 Å². The van der Waals surface area contributed by atoms with Crippen molar-refractivity contribution < 1.29 is 14.6 Å². The Balaban J connectivity index is 2.71. The number of ether oxygens (including phenoxy) is 1. The van der Waals surface area contributed by atoms with E-state index in [-0.39, 0.29) is 12.2 Å². The second kappa shape index (κ2) is 4.17. The molecule has 0 amide bonds. The first-order valence-corrected chi connectivity index (χ1v) is 3.63. The topological polar surface area (TPSA) is 46.5 Å². The summed E-state index contributed by atoms with van der Waals surface area (Å²) < 4.78 is 5.06. The van der Waals surface area contributed by atoms with Crippen molar-refractivity contribution in [1.29, 1.82) is 0 Å². The lowest BCUT2D eigenvalue weighted by Crippen LogP contribution is -1.97. The fourth-order valence-corrected chi connectivity index (χ4v) is 0.819. The van der Waals surface area contributed by atoms with Gasteiger partial charge in [0.05, 0.1) is 5.56 Å². The Kier molecular flexibility index (Phi) is 2.93. The maximum atomic E-state index is 10.5. The monoisotopic (exact) mass is 176 g/mol. The first-order valence-electron chi connectivity index (χ1n) is 3.63. The average molecular weight is 176 g/mol. The summed E-state index contributed by atoms with van der Waals surface area (Å²) in [6, 6.07) is 6.07. The molecule has 13 heavy (non-hydrogen) atoms. The maximum Gasteiger partial charge on any atom is 0.335 e. The van der Waals surface area contributed by atoms with Crippen LogP contribution in [-0.2, 0) is 0 Å². The van der Waals surface area contributed by atoms with Crippen molar-refractivity contribution in [2.24, 2.45) is 0 Å². The van der Waals surface area contributed by atoms with Crippen LogP contribution in [0, 0.1) is 12.3 Å². The molecule has 1 N–H and O–H groups in total. The highest BCUT2D eigenvalue weighted by molar-refractivity contribution is 5.87. The molecule has 66 valence electrons. The second-order valence-electron chi connectivity index (χ2n) is 2.32. The van der Waals surface area contributed by atoms with Gasteiger partial charge in [0.2, 0.25) is 0 Å². The zero-order chi connectivity index (χ0) is 9.68. The number of carboxylic acid groups (broad SMARTS) is 1. The molecule has 0 aromatic heterocycles. The number of benzene rings is 1. The quantitative estimate of drug-likeness (QED) is 0.708. The van der Waals surface area contributed by atoms with Gasteiger partial charge in [0, 0.05) is 0 Å². The van der Waals surface area contributed by atoms with E-state index >= 15 is 0 Å². The highest BCUT2D eigenvalue weighted by Gasteiger charge is 2.01. The fraction of sp³-hybridized carbons (Fsp3) is 0.100. The molecule has 1 aromatic carbocycles. The Morgan fingerprint density at radius 3 is 2.54 bits per heavy atom. The van der Waals surface area contributed by atoms with Crippen LogP contribution in [0.5, 0.6) is 5.75 Å². The molecule has 3 heteroatoms. The van der Waals surface area contributed by atoms with Crippen LogP contribution in [0.1, 0.15) is 10.4 Å². The molecule has 0 saturated carbocycles. The van der Waals surface area contributed by atoms with Gasteiger partial charge in [-0.2, -0.15) is 0 Å². The largest absolute Gasteiger partial charge is 0.481 e. The molecule has 1 rings (SSSR count). The number of carboxylic acids is 1. The Morgan fingerprint density at radius 1 is 1.46 bits per heavy atom. The second-order valence-corrected chi connectivity index (χ2v) is 2.32. The summed E-state index contributed by atoms with van der Waals surface area (Å²) in [5.41, 5.74) is 0.230. The summed E-state index contributed by atoms with van der Waals surface area (Å²) in [7, 11) is 0. The highest BCUT2D eigenvalue weighted by Crippen LogP contribution is 2.11. The maximum absolute atomic E-state index is 10.5. The van der Waals surface area contributed by atoms with E-state index in [1.165, 1.54) is 12.1 Å². The van der Waals surface area contributed by atoms with E-state index in [1.807, 2.05) is 0 Å². The summed E-state index contributed by atoms with van der Waals surface area (Å²) in [5.74, 6) is 1.93. The lowest BCUT2D eigenvalue weighted by Gasteiger charge is -2.01. The number of terminal acetylenes is 1. The third-order valence-corrected chi connectivity index (χ3v) is 1.42. The Bertz CT molecular complexity index is 332. The van der Waals surface area contributed by atoms with Crippen LogP contribution in [-0.4, -0.2) is 17.7 Å². The smallest absolute Gasteiger partial charge is 0.335 e. The van der Waals surface area contributed by atoms with Crippen molar-refractivity contribution in [1.82, 2.24) is 0 Å². The first-order chi connectivity index (χ1) is 6.24. The predicted octanol–water partition coefficient (Wildman–Crippen LogP) is 1.40. The highest BCUT2D eigenvalue weighted by atomic mass is 16.5. The number of aromatic carboxylic acids is 1. The standard InChI is InChI=1S/C10H8O3/c1-2-7-13-9-5-3-8(4-6-9)10(11)12/h1,3-6H,7H2,(H,11,12). The molecule has 3 nitrogen and oxygen atoms in total. The van der Waals surface area contributed by atoms with Gasteiger partial charge in [-0.1, -0.05) is 5.92 Å². The Hall–Kier alpha value is -1.95. The minimum atomic E-state index is -0.955. The minimum absolute atomic E-state index is 0.187. The molecule has 0 aliphatic rings. The van der Waals surface area contributed by atoms with Gasteiger partial charge in [-0.25, -0.2) is 4.79 Å². The molecule has 1 aromatic rings.